The van der Waals surface area contributed by atoms with Gasteiger partial charge in [-0.05, 0) is 25.1 Å². The molecule has 5 nitrogen and oxygen atoms in total. The summed E-state index contributed by atoms with van der Waals surface area (Å²) in [6.07, 6.45) is 0.201. The minimum Gasteiger partial charge on any atom is -0.495 e. The Balaban J connectivity index is 2.05. The standard InChI is InChI=1S/C12H16ClN3O2/c1-7-5-11(17)16-12(14-7)15-8-3-4-10(18-2)9(13)6-8/h3-4,6-7,12,14-15H,5H2,1-2H3,(H,16,17). The zero-order valence-corrected chi connectivity index (χ0v) is 11.0. The number of benzene rings is 1. The molecule has 1 aromatic rings. The number of rotatable bonds is 3. The van der Waals surface area contributed by atoms with E-state index in [4.69, 9.17) is 16.3 Å². The molecule has 1 saturated heterocycles. The smallest absolute Gasteiger partial charge is 0.224 e. The van der Waals surface area contributed by atoms with Gasteiger partial charge in [-0.25, -0.2) is 0 Å². The summed E-state index contributed by atoms with van der Waals surface area (Å²) in [5.41, 5.74) is 0.813. The fraction of sp³-hybridized carbons (Fsp3) is 0.417. The van der Waals surface area contributed by atoms with Crippen molar-refractivity contribution in [2.75, 3.05) is 12.4 Å². The molecular weight excluding hydrogens is 254 g/mol. The second kappa shape index (κ2) is 5.46. The Morgan fingerprint density at radius 1 is 1.50 bits per heavy atom. The van der Waals surface area contributed by atoms with Crippen molar-refractivity contribution in [2.45, 2.75) is 25.7 Å². The number of anilines is 1. The van der Waals surface area contributed by atoms with Gasteiger partial charge in [0, 0.05) is 18.2 Å². The molecule has 0 spiro atoms. The van der Waals surface area contributed by atoms with E-state index in [0.717, 1.165) is 5.69 Å². The molecular formula is C12H16ClN3O2. The van der Waals surface area contributed by atoms with Gasteiger partial charge in [0.2, 0.25) is 5.91 Å². The van der Waals surface area contributed by atoms with Crippen molar-refractivity contribution in [2.24, 2.45) is 0 Å². The molecule has 18 heavy (non-hydrogen) atoms. The lowest BCUT2D eigenvalue weighted by atomic mass is 10.2. The Hall–Kier alpha value is -1.46. The van der Waals surface area contributed by atoms with E-state index in [0.29, 0.717) is 17.2 Å². The van der Waals surface area contributed by atoms with Crippen LogP contribution in [0.1, 0.15) is 13.3 Å². The Bertz CT molecular complexity index is 453. The highest BCUT2D eigenvalue weighted by Gasteiger charge is 2.22. The number of nitrogens with one attached hydrogen (secondary N) is 3. The number of carbonyl (C=O) groups is 1. The molecule has 98 valence electrons. The summed E-state index contributed by atoms with van der Waals surface area (Å²) in [6, 6.07) is 5.52. The van der Waals surface area contributed by atoms with Crippen molar-refractivity contribution < 1.29 is 9.53 Å². The van der Waals surface area contributed by atoms with Crippen LogP contribution in [0.4, 0.5) is 5.69 Å². The maximum Gasteiger partial charge on any atom is 0.224 e. The number of halogens is 1. The molecule has 6 heteroatoms. The van der Waals surface area contributed by atoms with Crippen molar-refractivity contribution in [3.05, 3.63) is 23.2 Å². The van der Waals surface area contributed by atoms with E-state index in [9.17, 15) is 4.79 Å². The second-order valence-corrected chi connectivity index (χ2v) is 4.67. The number of hydrogen-bond donors (Lipinski definition) is 3. The van der Waals surface area contributed by atoms with E-state index in [2.05, 4.69) is 16.0 Å². The molecule has 2 rings (SSSR count). The third-order valence-corrected chi connectivity index (χ3v) is 3.01. The fourth-order valence-corrected chi connectivity index (χ4v) is 2.14. The zero-order chi connectivity index (χ0) is 13.1. The van der Waals surface area contributed by atoms with Gasteiger partial charge in [-0.2, -0.15) is 0 Å². The summed E-state index contributed by atoms with van der Waals surface area (Å²) in [5.74, 6) is 0.648. The third-order valence-electron chi connectivity index (χ3n) is 2.71. The van der Waals surface area contributed by atoms with Gasteiger partial charge in [-0.15, -0.1) is 0 Å². The van der Waals surface area contributed by atoms with Crippen LogP contribution in [0, 0.1) is 0 Å². The minimum atomic E-state index is -0.286. The van der Waals surface area contributed by atoms with Crippen LogP contribution in [0.3, 0.4) is 0 Å². The van der Waals surface area contributed by atoms with Gasteiger partial charge in [-0.3, -0.25) is 10.1 Å². The molecule has 0 saturated carbocycles. The maximum absolute atomic E-state index is 11.4. The largest absolute Gasteiger partial charge is 0.495 e. The number of amides is 1. The first-order valence-electron chi connectivity index (χ1n) is 5.74. The molecule has 1 aliphatic heterocycles. The van der Waals surface area contributed by atoms with Gasteiger partial charge >= 0.3 is 0 Å². The van der Waals surface area contributed by atoms with Gasteiger partial charge in [0.05, 0.1) is 12.1 Å². The van der Waals surface area contributed by atoms with Crippen molar-refractivity contribution in [3.63, 3.8) is 0 Å². The van der Waals surface area contributed by atoms with E-state index in [1.807, 2.05) is 13.0 Å². The van der Waals surface area contributed by atoms with Crippen molar-refractivity contribution in [3.8, 4) is 5.75 Å². The number of ether oxygens (including phenoxy) is 1. The van der Waals surface area contributed by atoms with Crippen LogP contribution in [-0.4, -0.2) is 25.3 Å². The first-order chi connectivity index (χ1) is 8.58. The first kappa shape index (κ1) is 13.0. The molecule has 0 radical (unpaired) electrons. The Kier molecular flexibility index (Phi) is 3.93. The molecule has 1 aliphatic rings. The van der Waals surface area contributed by atoms with E-state index < -0.39 is 0 Å². The lowest BCUT2D eigenvalue weighted by Gasteiger charge is -2.30. The summed E-state index contributed by atoms with van der Waals surface area (Å²) in [5, 5.41) is 9.71. The topological polar surface area (TPSA) is 62.4 Å². The molecule has 1 amide bonds. The first-order valence-corrected chi connectivity index (χ1v) is 6.12. The van der Waals surface area contributed by atoms with Crippen LogP contribution in [0.2, 0.25) is 5.02 Å². The second-order valence-electron chi connectivity index (χ2n) is 4.27. The third kappa shape index (κ3) is 3.05. The van der Waals surface area contributed by atoms with Crippen molar-refractivity contribution in [1.29, 1.82) is 0 Å². The lowest BCUT2D eigenvalue weighted by molar-refractivity contribution is -0.123. The number of hydrogen-bond acceptors (Lipinski definition) is 4. The highest BCUT2D eigenvalue weighted by atomic mass is 35.5. The summed E-state index contributed by atoms with van der Waals surface area (Å²) in [4.78, 5) is 11.4. The molecule has 0 aromatic heterocycles. The van der Waals surface area contributed by atoms with E-state index in [-0.39, 0.29) is 18.2 Å². The average Bonchev–Trinajstić information content (AvgIpc) is 2.27. The van der Waals surface area contributed by atoms with Crippen molar-refractivity contribution >= 4 is 23.2 Å². The van der Waals surface area contributed by atoms with Crippen LogP contribution in [0.5, 0.6) is 5.75 Å². The van der Waals surface area contributed by atoms with Crippen LogP contribution in [-0.2, 0) is 4.79 Å². The highest BCUT2D eigenvalue weighted by Crippen LogP contribution is 2.27. The monoisotopic (exact) mass is 269 g/mol. The molecule has 0 bridgehead atoms. The summed E-state index contributed by atoms with van der Waals surface area (Å²) in [6.45, 7) is 1.97. The summed E-state index contributed by atoms with van der Waals surface area (Å²) < 4.78 is 5.08. The summed E-state index contributed by atoms with van der Waals surface area (Å²) >= 11 is 6.03. The van der Waals surface area contributed by atoms with Gasteiger partial charge in [0.15, 0.2) is 6.29 Å². The Morgan fingerprint density at radius 3 is 2.89 bits per heavy atom. The average molecular weight is 270 g/mol. The highest BCUT2D eigenvalue weighted by molar-refractivity contribution is 6.32. The molecule has 1 heterocycles. The Labute approximate surface area is 111 Å². The fourth-order valence-electron chi connectivity index (χ4n) is 1.88. The van der Waals surface area contributed by atoms with Crippen LogP contribution < -0.4 is 20.7 Å². The van der Waals surface area contributed by atoms with Crippen molar-refractivity contribution in [1.82, 2.24) is 10.6 Å². The number of methoxy groups -OCH3 is 1. The summed E-state index contributed by atoms with van der Waals surface area (Å²) in [7, 11) is 1.57. The van der Waals surface area contributed by atoms with Gasteiger partial charge < -0.3 is 15.4 Å². The number of carbonyl (C=O) groups excluding carboxylic acids is 1. The predicted octanol–water partition coefficient (Wildman–Crippen LogP) is 1.54. The molecule has 3 N–H and O–H groups in total. The SMILES string of the molecule is COc1ccc(NC2NC(=O)CC(C)N2)cc1Cl. The molecule has 1 aromatic carbocycles. The quantitative estimate of drug-likeness (QED) is 0.779. The van der Waals surface area contributed by atoms with E-state index in [1.165, 1.54) is 0 Å². The predicted molar refractivity (Wildman–Crippen MR) is 70.8 cm³/mol. The Morgan fingerprint density at radius 2 is 2.28 bits per heavy atom. The molecule has 1 fully saturated rings. The van der Waals surface area contributed by atoms with E-state index in [1.54, 1.807) is 19.2 Å². The van der Waals surface area contributed by atoms with Gasteiger partial charge in [0.1, 0.15) is 5.75 Å². The molecule has 2 unspecified atom stereocenters. The van der Waals surface area contributed by atoms with Crippen LogP contribution >= 0.6 is 11.6 Å². The zero-order valence-electron chi connectivity index (χ0n) is 10.3. The van der Waals surface area contributed by atoms with Gasteiger partial charge in [0.25, 0.3) is 0 Å². The maximum atomic E-state index is 11.4. The molecule has 0 aliphatic carbocycles. The minimum absolute atomic E-state index is 0.0263. The van der Waals surface area contributed by atoms with E-state index >= 15 is 0 Å². The lowest BCUT2D eigenvalue weighted by Crippen LogP contribution is -2.59. The molecule has 2 atom stereocenters. The van der Waals surface area contributed by atoms with Gasteiger partial charge in [-0.1, -0.05) is 11.6 Å². The normalized spacial score (nSPS) is 23.4. The van der Waals surface area contributed by atoms with Crippen LogP contribution in [0.15, 0.2) is 18.2 Å². The van der Waals surface area contributed by atoms with Crippen LogP contribution in [0.25, 0.3) is 0 Å².